The molecule has 3 aromatic rings. The zero-order valence-electron chi connectivity index (χ0n) is 16.8. The van der Waals surface area contributed by atoms with Crippen LogP contribution in [0.2, 0.25) is 0 Å². The summed E-state index contributed by atoms with van der Waals surface area (Å²) in [6.07, 6.45) is 2.35. The minimum Gasteiger partial charge on any atom is -0.493 e. The molecule has 9 heteroatoms. The number of ether oxygens (including phenoxy) is 2. The van der Waals surface area contributed by atoms with Crippen LogP contribution < -0.4 is 25.4 Å². The monoisotopic (exact) mass is 399 g/mol. The second kappa shape index (κ2) is 9.13. The van der Waals surface area contributed by atoms with Crippen molar-refractivity contribution in [3.05, 3.63) is 36.3 Å². The number of hydrogen-bond donors (Lipinski definition) is 2. The smallest absolute Gasteiger partial charge is 0.287 e. The molecule has 0 aliphatic heterocycles. The molecule has 154 valence electrons. The van der Waals surface area contributed by atoms with E-state index in [4.69, 9.17) is 19.6 Å². The normalized spacial score (nSPS) is 10.7. The van der Waals surface area contributed by atoms with Gasteiger partial charge in [-0.2, -0.15) is 4.98 Å². The number of carbonyl (C=O) groups excluding carboxylic acids is 1. The molecule has 0 fully saturated rings. The summed E-state index contributed by atoms with van der Waals surface area (Å²) < 4.78 is 15.8. The lowest BCUT2D eigenvalue weighted by Crippen LogP contribution is -2.36. The summed E-state index contributed by atoms with van der Waals surface area (Å²) in [6, 6.07) is 6.83. The Morgan fingerprint density at radius 2 is 1.97 bits per heavy atom. The molecule has 3 rings (SSSR count). The first-order valence-electron chi connectivity index (χ1n) is 9.33. The van der Waals surface area contributed by atoms with Gasteiger partial charge in [-0.25, -0.2) is 4.98 Å². The number of hydrogen-bond acceptors (Lipinski definition) is 8. The summed E-state index contributed by atoms with van der Waals surface area (Å²) in [4.78, 5) is 23.1. The van der Waals surface area contributed by atoms with E-state index in [1.165, 1.54) is 6.26 Å². The maximum atomic E-state index is 12.0. The van der Waals surface area contributed by atoms with E-state index in [-0.39, 0.29) is 11.7 Å². The van der Waals surface area contributed by atoms with Crippen LogP contribution in [0.25, 0.3) is 10.9 Å². The number of nitrogens with one attached hydrogen (secondary N) is 1. The second-order valence-electron chi connectivity index (χ2n) is 6.35. The van der Waals surface area contributed by atoms with Gasteiger partial charge < -0.3 is 29.8 Å². The van der Waals surface area contributed by atoms with Gasteiger partial charge in [0.15, 0.2) is 17.3 Å². The number of anilines is 2. The molecule has 0 aliphatic carbocycles. The summed E-state index contributed by atoms with van der Waals surface area (Å²) in [7, 11) is 3.13. The number of aromatic nitrogens is 2. The molecular formula is C20H25N5O4. The average Bonchev–Trinajstić information content (AvgIpc) is 3.27. The van der Waals surface area contributed by atoms with Crippen LogP contribution in [0.5, 0.6) is 11.5 Å². The number of rotatable bonds is 9. The highest BCUT2D eigenvalue weighted by Gasteiger charge is 2.16. The van der Waals surface area contributed by atoms with Crippen molar-refractivity contribution in [3.8, 4) is 11.5 Å². The molecule has 2 aromatic heterocycles. The van der Waals surface area contributed by atoms with Crippen LogP contribution >= 0.6 is 0 Å². The number of nitrogens with zero attached hydrogens (tertiary/aromatic N) is 3. The van der Waals surface area contributed by atoms with Crippen molar-refractivity contribution in [2.75, 3.05) is 44.5 Å². The molecule has 0 radical (unpaired) electrons. The standard InChI is InChI=1S/C20H25N5O4/c1-4-8-25(9-7-22-19(26)15-6-5-10-29-15)20-23-14-12-17(28-3)16(27-2)11-13(14)18(21)24-20/h5-6,10-12H,4,7-9H2,1-3H3,(H,22,26)(H2,21,23,24). The Bertz CT molecular complexity index is 975. The van der Waals surface area contributed by atoms with Crippen LogP contribution in [0.3, 0.4) is 0 Å². The van der Waals surface area contributed by atoms with E-state index in [1.807, 2.05) is 4.90 Å². The Kier molecular flexibility index (Phi) is 6.38. The van der Waals surface area contributed by atoms with Crippen molar-refractivity contribution in [3.63, 3.8) is 0 Å². The predicted molar refractivity (Wildman–Crippen MR) is 111 cm³/mol. The molecule has 29 heavy (non-hydrogen) atoms. The highest BCUT2D eigenvalue weighted by molar-refractivity contribution is 5.92. The molecule has 0 saturated heterocycles. The molecule has 0 spiro atoms. The number of benzene rings is 1. The fraction of sp³-hybridized carbons (Fsp3) is 0.350. The fourth-order valence-corrected chi connectivity index (χ4v) is 2.99. The largest absolute Gasteiger partial charge is 0.493 e. The zero-order valence-corrected chi connectivity index (χ0v) is 16.8. The van der Waals surface area contributed by atoms with Crippen LogP contribution in [0.15, 0.2) is 34.9 Å². The lowest BCUT2D eigenvalue weighted by molar-refractivity contribution is 0.0927. The van der Waals surface area contributed by atoms with Crippen molar-refractivity contribution in [2.24, 2.45) is 0 Å². The minimum absolute atomic E-state index is 0.262. The van der Waals surface area contributed by atoms with Crippen LogP contribution in [-0.4, -0.2) is 49.7 Å². The number of furan rings is 1. The summed E-state index contributed by atoms with van der Waals surface area (Å²) in [5.41, 5.74) is 6.85. The van der Waals surface area contributed by atoms with Crippen molar-refractivity contribution in [2.45, 2.75) is 13.3 Å². The SMILES string of the molecule is CCCN(CCNC(=O)c1ccco1)c1nc(N)c2cc(OC)c(OC)cc2n1. The lowest BCUT2D eigenvalue weighted by atomic mass is 10.2. The number of amides is 1. The van der Waals surface area contributed by atoms with Crippen LogP contribution in [0.1, 0.15) is 23.9 Å². The molecule has 1 aromatic carbocycles. The molecule has 2 heterocycles. The first kappa shape index (κ1) is 20.2. The fourth-order valence-electron chi connectivity index (χ4n) is 2.99. The van der Waals surface area contributed by atoms with Gasteiger partial charge >= 0.3 is 0 Å². The topological polar surface area (TPSA) is 116 Å². The van der Waals surface area contributed by atoms with E-state index >= 15 is 0 Å². The third-order valence-corrected chi connectivity index (χ3v) is 4.41. The van der Waals surface area contributed by atoms with Crippen molar-refractivity contribution in [1.29, 1.82) is 0 Å². The maximum absolute atomic E-state index is 12.0. The van der Waals surface area contributed by atoms with Gasteiger partial charge in [0.1, 0.15) is 5.82 Å². The van der Waals surface area contributed by atoms with Gasteiger partial charge in [-0.3, -0.25) is 4.79 Å². The number of methoxy groups -OCH3 is 2. The molecule has 0 bridgehead atoms. The summed E-state index contributed by atoms with van der Waals surface area (Å²) in [5, 5.41) is 3.52. The van der Waals surface area contributed by atoms with Gasteiger partial charge in [0.05, 0.1) is 26.0 Å². The molecule has 0 atom stereocenters. The van der Waals surface area contributed by atoms with E-state index in [9.17, 15) is 4.79 Å². The third-order valence-electron chi connectivity index (χ3n) is 4.41. The first-order chi connectivity index (χ1) is 14.1. The molecular weight excluding hydrogens is 374 g/mol. The first-order valence-corrected chi connectivity index (χ1v) is 9.33. The minimum atomic E-state index is -0.262. The van der Waals surface area contributed by atoms with E-state index in [0.717, 1.165) is 13.0 Å². The van der Waals surface area contributed by atoms with Gasteiger partial charge in [-0.1, -0.05) is 6.92 Å². The Morgan fingerprint density at radius 3 is 2.62 bits per heavy atom. The number of fused-ring (bicyclic) bond motifs is 1. The molecule has 0 saturated carbocycles. The maximum Gasteiger partial charge on any atom is 0.287 e. The highest BCUT2D eigenvalue weighted by atomic mass is 16.5. The lowest BCUT2D eigenvalue weighted by Gasteiger charge is -2.23. The summed E-state index contributed by atoms with van der Waals surface area (Å²) >= 11 is 0. The van der Waals surface area contributed by atoms with E-state index in [2.05, 4.69) is 22.2 Å². The van der Waals surface area contributed by atoms with Crippen molar-refractivity contribution < 1.29 is 18.7 Å². The quantitative estimate of drug-likeness (QED) is 0.564. The van der Waals surface area contributed by atoms with Gasteiger partial charge in [0.25, 0.3) is 5.91 Å². The van der Waals surface area contributed by atoms with Gasteiger partial charge in [0.2, 0.25) is 5.95 Å². The molecule has 9 nitrogen and oxygen atoms in total. The van der Waals surface area contributed by atoms with Crippen molar-refractivity contribution in [1.82, 2.24) is 15.3 Å². The van der Waals surface area contributed by atoms with E-state index in [0.29, 0.717) is 47.3 Å². The molecule has 3 N–H and O–H groups in total. The second-order valence-corrected chi connectivity index (χ2v) is 6.35. The van der Waals surface area contributed by atoms with E-state index < -0.39 is 0 Å². The number of nitrogen functional groups attached to an aromatic ring is 1. The number of nitrogens with two attached hydrogens (primary N) is 1. The Hall–Kier alpha value is -3.49. The highest BCUT2D eigenvalue weighted by Crippen LogP contribution is 2.34. The van der Waals surface area contributed by atoms with Gasteiger partial charge in [-0.05, 0) is 24.6 Å². The third kappa shape index (κ3) is 4.50. The van der Waals surface area contributed by atoms with E-state index in [1.54, 1.807) is 38.5 Å². The van der Waals surface area contributed by atoms with Crippen LogP contribution in [0, 0.1) is 0 Å². The van der Waals surface area contributed by atoms with Gasteiger partial charge in [-0.15, -0.1) is 0 Å². The Labute approximate surface area is 168 Å². The summed E-state index contributed by atoms with van der Waals surface area (Å²) in [6.45, 7) is 3.72. The molecule has 0 aliphatic rings. The molecule has 0 unspecified atom stereocenters. The van der Waals surface area contributed by atoms with Crippen molar-refractivity contribution >= 4 is 28.6 Å². The Balaban J connectivity index is 1.81. The molecule has 1 amide bonds. The summed E-state index contributed by atoms with van der Waals surface area (Å²) in [5.74, 6) is 2.00. The average molecular weight is 399 g/mol. The predicted octanol–water partition coefficient (Wildman–Crippen LogP) is 2.47. The van der Waals surface area contributed by atoms with Gasteiger partial charge in [0, 0.05) is 31.1 Å². The van der Waals surface area contributed by atoms with Crippen LogP contribution in [-0.2, 0) is 0 Å². The number of carbonyl (C=O) groups is 1. The zero-order chi connectivity index (χ0) is 20.8. The Morgan fingerprint density at radius 1 is 1.21 bits per heavy atom. The van der Waals surface area contributed by atoms with Crippen LogP contribution in [0.4, 0.5) is 11.8 Å².